The third kappa shape index (κ3) is 2.94. The minimum atomic E-state index is -0.198. The van der Waals surface area contributed by atoms with Crippen LogP contribution in [-0.4, -0.2) is 29.2 Å². The van der Waals surface area contributed by atoms with Crippen LogP contribution in [-0.2, 0) is 4.74 Å². The van der Waals surface area contributed by atoms with Crippen LogP contribution in [0, 0.1) is 0 Å². The molecule has 0 radical (unpaired) electrons. The summed E-state index contributed by atoms with van der Waals surface area (Å²) in [6.45, 7) is 5.37. The lowest BCUT2D eigenvalue weighted by molar-refractivity contribution is 0.141. The molecular weight excluding hydrogens is 298 g/mol. The Morgan fingerprint density at radius 2 is 2.06 bits per heavy atom. The Hall–Kier alpha value is -1.27. The van der Waals surface area contributed by atoms with E-state index in [-0.39, 0.29) is 11.7 Å². The summed E-state index contributed by atoms with van der Waals surface area (Å²) in [5, 5.41) is 3.34. The van der Waals surface area contributed by atoms with Gasteiger partial charge >= 0.3 is 5.69 Å². The Balaban J connectivity index is 2.21. The average Bonchev–Trinajstić information content (AvgIpc) is 2.66. The lowest BCUT2D eigenvalue weighted by atomic mass is 10.2. The number of hydrogen-bond acceptors (Lipinski definition) is 3. The summed E-state index contributed by atoms with van der Waals surface area (Å²) in [6, 6.07) is 3.98. The van der Waals surface area contributed by atoms with E-state index in [4.69, 9.17) is 4.74 Å². The molecule has 0 bridgehead atoms. The number of hydrogen-bond donors (Lipinski definition) is 3. The smallest absolute Gasteiger partial charge is 0.323 e. The van der Waals surface area contributed by atoms with Crippen LogP contribution < -0.4 is 11.0 Å². The second kappa shape index (κ2) is 5.58. The van der Waals surface area contributed by atoms with E-state index >= 15 is 0 Å². The number of halogens is 1. The number of H-pyrrole nitrogens is 2. The first kappa shape index (κ1) is 13.2. The molecule has 0 aliphatic carbocycles. The van der Waals surface area contributed by atoms with Crippen molar-refractivity contribution >= 4 is 32.7 Å². The van der Waals surface area contributed by atoms with Crippen LogP contribution in [0.5, 0.6) is 0 Å². The second-order valence-corrected chi connectivity index (χ2v) is 5.02. The van der Waals surface area contributed by atoms with Crippen LogP contribution in [0.4, 0.5) is 5.69 Å². The molecule has 6 heteroatoms. The third-order valence-corrected chi connectivity index (χ3v) is 3.23. The highest BCUT2D eigenvalue weighted by Gasteiger charge is 2.08. The number of benzene rings is 1. The van der Waals surface area contributed by atoms with E-state index in [0.29, 0.717) is 13.2 Å². The second-order valence-electron chi connectivity index (χ2n) is 4.16. The summed E-state index contributed by atoms with van der Waals surface area (Å²) >= 11 is 3.48. The van der Waals surface area contributed by atoms with Gasteiger partial charge in [0.2, 0.25) is 0 Å². The number of ether oxygens (including phenoxy) is 1. The van der Waals surface area contributed by atoms with E-state index in [2.05, 4.69) is 31.2 Å². The number of rotatable bonds is 5. The minimum Gasteiger partial charge on any atom is -0.380 e. The Morgan fingerprint density at radius 3 is 2.72 bits per heavy atom. The van der Waals surface area contributed by atoms with Crippen molar-refractivity contribution < 1.29 is 4.74 Å². The quantitative estimate of drug-likeness (QED) is 0.794. The first-order valence-corrected chi connectivity index (χ1v) is 6.65. The number of aromatic nitrogens is 2. The molecule has 1 unspecified atom stereocenters. The molecule has 1 atom stereocenters. The Morgan fingerprint density at radius 1 is 1.39 bits per heavy atom. The molecule has 2 rings (SSSR count). The normalized spacial score (nSPS) is 12.8. The van der Waals surface area contributed by atoms with E-state index in [1.165, 1.54) is 0 Å². The molecular formula is C12H16BrN3O2. The van der Waals surface area contributed by atoms with Gasteiger partial charge in [0.25, 0.3) is 0 Å². The standard InChI is InChI=1S/C12H16BrN3O2/c1-3-18-6-7(2)14-9-5-11-10(4-8(9)13)15-12(17)16-11/h4-5,7,14H,3,6H2,1-2H3,(H2,15,16,17). The molecule has 98 valence electrons. The van der Waals surface area contributed by atoms with Gasteiger partial charge in [-0.1, -0.05) is 0 Å². The largest absolute Gasteiger partial charge is 0.380 e. The molecule has 0 saturated carbocycles. The van der Waals surface area contributed by atoms with Gasteiger partial charge in [-0.05, 0) is 41.9 Å². The van der Waals surface area contributed by atoms with E-state index in [1.54, 1.807) is 0 Å². The summed E-state index contributed by atoms with van der Waals surface area (Å²) < 4.78 is 6.27. The maximum Gasteiger partial charge on any atom is 0.323 e. The number of anilines is 1. The van der Waals surface area contributed by atoms with Crippen molar-refractivity contribution in [2.45, 2.75) is 19.9 Å². The van der Waals surface area contributed by atoms with Gasteiger partial charge in [0, 0.05) is 17.1 Å². The predicted octanol–water partition coefficient (Wildman–Crippen LogP) is 2.46. The summed E-state index contributed by atoms with van der Waals surface area (Å²) in [4.78, 5) is 16.7. The van der Waals surface area contributed by atoms with Crippen molar-refractivity contribution in [2.75, 3.05) is 18.5 Å². The molecule has 18 heavy (non-hydrogen) atoms. The molecule has 3 N–H and O–H groups in total. The summed E-state index contributed by atoms with van der Waals surface area (Å²) in [5.41, 5.74) is 2.31. The van der Waals surface area contributed by atoms with Gasteiger partial charge in [-0.3, -0.25) is 0 Å². The first-order chi connectivity index (χ1) is 8.60. The third-order valence-electron chi connectivity index (χ3n) is 2.58. The van der Waals surface area contributed by atoms with Crippen molar-refractivity contribution in [1.29, 1.82) is 0 Å². The van der Waals surface area contributed by atoms with Crippen LogP contribution in [0.25, 0.3) is 11.0 Å². The number of aromatic amines is 2. The van der Waals surface area contributed by atoms with E-state index in [0.717, 1.165) is 21.2 Å². The molecule has 0 aliphatic heterocycles. The van der Waals surface area contributed by atoms with E-state index < -0.39 is 0 Å². The summed E-state index contributed by atoms with van der Waals surface area (Å²) in [5.74, 6) is 0. The van der Waals surface area contributed by atoms with E-state index in [9.17, 15) is 4.79 Å². The van der Waals surface area contributed by atoms with Gasteiger partial charge < -0.3 is 20.0 Å². The lowest BCUT2D eigenvalue weighted by Crippen LogP contribution is -2.21. The SMILES string of the molecule is CCOCC(C)Nc1cc2[nH]c(=O)[nH]c2cc1Br. The topological polar surface area (TPSA) is 69.9 Å². The molecule has 1 aromatic heterocycles. The molecule has 2 aromatic rings. The fraction of sp³-hybridized carbons (Fsp3) is 0.417. The Bertz CT molecular complexity index is 591. The molecule has 5 nitrogen and oxygen atoms in total. The number of nitrogens with one attached hydrogen (secondary N) is 3. The zero-order valence-corrected chi connectivity index (χ0v) is 11.9. The average molecular weight is 314 g/mol. The van der Waals surface area contributed by atoms with Crippen LogP contribution in [0.1, 0.15) is 13.8 Å². The van der Waals surface area contributed by atoms with Gasteiger partial charge in [0.1, 0.15) is 0 Å². The number of fused-ring (bicyclic) bond motifs is 1. The maximum absolute atomic E-state index is 11.2. The zero-order chi connectivity index (χ0) is 13.1. The molecule has 0 fully saturated rings. The molecule has 0 saturated heterocycles. The van der Waals surface area contributed by atoms with Crippen LogP contribution in [0.2, 0.25) is 0 Å². The van der Waals surface area contributed by atoms with Gasteiger partial charge in [-0.15, -0.1) is 0 Å². The van der Waals surface area contributed by atoms with Crippen LogP contribution in [0.3, 0.4) is 0 Å². The lowest BCUT2D eigenvalue weighted by Gasteiger charge is -2.16. The van der Waals surface area contributed by atoms with Crippen molar-refractivity contribution in [3.63, 3.8) is 0 Å². The summed E-state index contributed by atoms with van der Waals surface area (Å²) in [7, 11) is 0. The molecule has 0 amide bonds. The van der Waals surface area contributed by atoms with Gasteiger partial charge in [-0.2, -0.15) is 0 Å². The van der Waals surface area contributed by atoms with Crippen LogP contribution >= 0.6 is 15.9 Å². The highest BCUT2D eigenvalue weighted by atomic mass is 79.9. The van der Waals surface area contributed by atoms with Gasteiger partial charge in [-0.25, -0.2) is 4.79 Å². The zero-order valence-electron chi connectivity index (χ0n) is 10.3. The Labute approximate surface area is 113 Å². The van der Waals surface area contributed by atoms with Crippen LogP contribution in [0.15, 0.2) is 21.4 Å². The van der Waals surface area contributed by atoms with E-state index in [1.807, 2.05) is 26.0 Å². The van der Waals surface area contributed by atoms with Crippen molar-refractivity contribution in [1.82, 2.24) is 9.97 Å². The highest BCUT2D eigenvalue weighted by Crippen LogP contribution is 2.26. The molecule has 1 heterocycles. The Kier molecular flexibility index (Phi) is 4.08. The summed E-state index contributed by atoms with van der Waals surface area (Å²) in [6.07, 6.45) is 0. The fourth-order valence-corrected chi connectivity index (χ4v) is 2.23. The minimum absolute atomic E-state index is 0.198. The monoisotopic (exact) mass is 313 g/mol. The van der Waals surface area contributed by atoms with Crippen molar-refractivity contribution in [3.05, 3.63) is 27.1 Å². The molecule has 0 spiro atoms. The first-order valence-electron chi connectivity index (χ1n) is 5.86. The fourth-order valence-electron chi connectivity index (χ4n) is 1.77. The predicted molar refractivity (Wildman–Crippen MR) is 76.2 cm³/mol. The highest BCUT2D eigenvalue weighted by molar-refractivity contribution is 9.10. The van der Waals surface area contributed by atoms with Crippen molar-refractivity contribution in [3.8, 4) is 0 Å². The van der Waals surface area contributed by atoms with Gasteiger partial charge in [0.05, 0.1) is 23.3 Å². The van der Waals surface area contributed by atoms with Gasteiger partial charge in [0.15, 0.2) is 0 Å². The number of imidazole rings is 1. The van der Waals surface area contributed by atoms with Crippen molar-refractivity contribution in [2.24, 2.45) is 0 Å². The molecule has 0 aliphatic rings. The maximum atomic E-state index is 11.2. The molecule has 1 aromatic carbocycles.